The zero-order chi connectivity index (χ0) is 34.8. The molecule has 5 aromatic rings. The van der Waals surface area contributed by atoms with E-state index in [2.05, 4.69) is 16.0 Å². The Kier molecular flexibility index (Phi) is 11.8. The van der Waals surface area contributed by atoms with Gasteiger partial charge in [-0.25, -0.2) is 0 Å². The number of thioether (sulfide) groups is 1. The van der Waals surface area contributed by atoms with E-state index in [9.17, 15) is 14.4 Å². The number of benzene rings is 5. The van der Waals surface area contributed by atoms with Gasteiger partial charge in [-0.1, -0.05) is 66.2 Å². The zero-order valence-corrected chi connectivity index (χ0v) is 28.6. The summed E-state index contributed by atoms with van der Waals surface area (Å²) in [4.78, 5) is 41.2. The molecular weight excluding hydrogens is 658 g/mol. The van der Waals surface area contributed by atoms with Crippen molar-refractivity contribution in [3.8, 4) is 11.5 Å². The number of carbonyl (C=O) groups is 3. The van der Waals surface area contributed by atoms with E-state index in [1.807, 2.05) is 55.5 Å². The monoisotopic (exact) mass is 691 g/mol. The molecule has 0 fully saturated rings. The highest BCUT2D eigenvalue weighted by Crippen LogP contribution is 2.37. The van der Waals surface area contributed by atoms with Crippen molar-refractivity contribution in [2.45, 2.75) is 17.1 Å². The smallest absolute Gasteiger partial charge is 0.272 e. The van der Waals surface area contributed by atoms with E-state index < -0.39 is 17.1 Å². The molecule has 10 heteroatoms. The van der Waals surface area contributed by atoms with Crippen LogP contribution in [-0.2, 0) is 9.59 Å². The van der Waals surface area contributed by atoms with Gasteiger partial charge in [-0.05, 0) is 90.9 Å². The molecule has 0 aromatic heterocycles. The van der Waals surface area contributed by atoms with Crippen molar-refractivity contribution in [3.63, 3.8) is 0 Å². The van der Waals surface area contributed by atoms with Gasteiger partial charge in [-0.3, -0.25) is 14.4 Å². The van der Waals surface area contributed by atoms with Crippen LogP contribution in [0.3, 0.4) is 0 Å². The molecule has 0 aliphatic carbocycles. The minimum Gasteiger partial charge on any atom is -0.497 e. The van der Waals surface area contributed by atoms with Gasteiger partial charge in [0.25, 0.3) is 11.8 Å². The molecule has 0 spiro atoms. The normalized spacial score (nSPS) is 11.6. The van der Waals surface area contributed by atoms with E-state index in [1.165, 1.54) is 32.1 Å². The number of methoxy groups -OCH3 is 2. The topological polar surface area (TPSA) is 106 Å². The third-order valence-electron chi connectivity index (χ3n) is 7.43. The molecule has 0 aliphatic heterocycles. The molecule has 0 aliphatic rings. The fourth-order valence-corrected chi connectivity index (χ4v) is 6.03. The van der Waals surface area contributed by atoms with Gasteiger partial charge in [-0.2, -0.15) is 0 Å². The number of ether oxygens (including phenoxy) is 2. The van der Waals surface area contributed by atoms with Gasteiger partial charge in [0.05, 0.1) is 14.2 Å². The number of hydrogen-bond donors (Lipinski definition) is 3. The van der Waals surface area contributed by atoms with Crippen LogP contribution in [0.15, 0.2) is 132 Å². The van der Waals surface area contributed by atoms with E-state index in [1.54, 1.807) is 72.8 Å². The van der Waals surface area contributed by atoms with E-state index >= 15 is 0 Å². The van der Waals surface area contributed by atoms with E-state index in [0.717, 1.165) is 16.0 Å². The lowest BCUT2D eigenvalue weighted by molar-refractivity contribution is -0.116. The number of anilines is 2. The molecule has 0 heterocycles. The predicted octanol–water partition coefficient (Wildman–Crippen LogP) is 8.55. The molecule has 49 heavy (non-hydrogen) atoms. The second kappa shape index (κ2) is 16.5. The summed E-state index contributed by atoms with van der Waals surface area (Å²) in [7, 11) is 3.06. The molecule has 248 valence electrons. The summed E-state index contributed by atoms with van der Waals surface area (Å²) in [5.41, 5.74) is 3.78. The molecule has 5 aromatic carbocycles. The van der Waals surface area contributed by atoms with Crippen LogP contribution < -0.4 is 25.4 Å². The quantitative estimate of drug-likeness (QED) is 0.0895. The van der Waals surface area contributed by atoms with Crippen molar-refractivity contribution >= 4 is 58.5 Å². The van der Waals surface area contributed by atoms with Crippen molar-refractivity contribution in [1.29, 1.82) is 0 Å². The molecule has 1 atom stereocenters. The molecule has 0 saturated heterocycles. The van der Waals surface area contributed by atoms with E-state index in [4.69, 9.17) is 21.1 Å². The summed E-state index contributed by atoms with van der Waals surface area (Å²) in [6.45, 7) is 1.91. The lowest BCUT2D eigenvalue weighted by Gasteiger charge is -2.18. The Morgan fingerprint density at radius 1 is 0.776 bits per heavy atom. The predicted molar refractivity (Wildman–Crippen MR) is 196 cm³/mol. The number of nitrogens with one attached hydrogen (secondary N) is 3. The molecule has 3 N–H and O–H groups in total. The number of rotatable bonds is 12. The van der Waals surface area contributed by atoms with Crippen molar-refractivity contribution in [1.82, 2.24) is 5.32 Å². The van der Waals surface area contributed by atoms with E-state index in [-0.39, 0.29) is 11.6 Å². The van der Waals surface area contributed by atoms with Crippen LogP contribution in [0.5, 0.6) is 11.5 Å². The lowest BCUT2D eigenvalue weighted by atomic mass is 10.1. The molecule has 5 rings (SSSR count). The minimum absolute atomic E-state index is 0.00372. The third-order valence-corrected chi connectivity index (χ3v) is 8.93. The Balaban J connectivity index is 1.37. The minimum atomic E-state index is -0.569. The largest absolute Gasteiger partial charge is 0.497 e. The Labute approximate surface area is 294 Å². The molecule has 1 unspecified atom stereocenters. The maximum absolute atomic E-state index is 13.7. The SMILES string of the molecule is COc1ccc(OC)c(/C=C(\NC(=O)c2ccccc2)C(=O)Nc2ccc(SC(C(=O)Nc3cc(Cl)ccc3C)c3ccccc3)cc2)c1. The summed E-state index contributed by atoms with van der Waals surface area (Å²) in [6.07, 6.45) is 1.53. The lowest BCUT2D eigenvalue weighted by Crippen LogP contribution is -2.30. The summed E-state index contributed by atoms with van der Waals surface area (Å²) in [5.74, 6) is -0.152. The van der Waals surface area contributed by atoms with Gasteiger partial charge in [0.2, 0.25) is 5.91 Å². The fraction of sp³-hybridized carbons (Fsp3) is 0.103. The maximum Gasteiger partial charge on any atom is 0.272 e. The Morgan fingerprint density at radius 2 is 1.47 bits per heavy atom. The molecule has 0 radical (unpaired) electrons. The Bertz CT molecular complexity index is 1970. The van der Waals surface area contributed by atoms with Crippen LogP contribution in [0.1, 0.15) is 32.3 Å². The van der Waals surface area contributed by atoms with E-state index in [0.29, 0.717) is 39.0 Å². The Hall–Kier alpha value is -5.51. The summed E-state index contributed by atoms with van der Waals surface area (Å²) < 4.78 is 10.8. The number of hydrogen-bond acceptors (Lipinski definition) is 6. The van der Waals surface area contributed by atoms with Gasteiger partial charge >= 0.3 is 0 Å². The fourth-order valence-electron chi connectivity index (χ4n) is 4.83. The van der Waals surface area contributed by atoms with Crippen LogP contribution in [0.2, 0.25) is 5.02 Å². The second-order valence-electron chi connectivity index (χ2n) is 10.8. The van der Waals surface area contributed by atoms with Crippen molar-refractivity contribution < 1.29 is 23.9 Å². The zero-order valence-electron chi connectivity index (χ0n) is 27.0. The summed E-state index contributed by atoms with van der Waals surface area (Å²) >= 11 is 7.57. The average molecular weight is 692 g/mol. The third kappa shape index (κ3) is 9.31. The first kappa shape index (κ1) is 34.8. The molecular formula is C39H34ClN3O5S. The summed E-state index contributed by atoms with van der Waals surface area (Å²) in [5, 5.41) is 8.60. The van der Waals surface area contributed by atoms with Crippen LogP contribution in [0, 0.1) is 6.92 Å². The number of aryl methyl sites for hydroxylation is 1. The first-order valence-corrected chi connectivity index (χ1v) is 16.5. The van der Waals surface area contributed by atoms with Gasteiger partial charge in [0.15, 0.2) is 0 Å². The van der Waals surface area contributed by atoms with Crippen LogP contribution in [0.4, 0.5) is 11.4 Å². The molecule has 3 amide bonds. The molecule has 0 saturated carbocycles. The second-order valence-corrected chi connectivity index (χ2v) is 12.4. The highest BCUT2D eigenvalue weighted by Gasteiger charge is 2.23. The number of halogens is 1. The first-order chi connectivity index (χ1) is 23.7. The highest BCUT2D eigenvalue weighted by atomic mass is 35.5. The van der Waals surface area contributed by atoms with Crippen LogP contribution in [0.25, 0.3) is 6.08 Å². The van der Waals surface area contributed by atoms with Crippen LogP contribution in [-0.4, -0.2) is 31.9 Å². The first-order valence-electron chi connectivity index (χ1n) is 15.2. The maximum atomic E-state index is 13.7. The van der Waals surface area contributed by atoms with Crippen molar-refractivity contribution in [2.24, 2.45) is 0 Å². The standard InChI is InChI=1S/C39H34ClN3O5S/c1-25-14-15-29(40)24-33(25)42-39(46)36(26-10-6-4-7-11-26)49-32-19-16-30(17-20-32)41-38(45)34(43-37(44)27-12-8-5-9-13-27)23-28-22-31(47-2)18-21-35(28)48-3/h4-24,36H,1-3H3,(H,41,45)(H,42,46)(H,43,44)/b34-23-. The van der Waals surface area contributed by atoms with Gasteiger partial charge in [0, 0.05) is 32.4 Å². The van der Waals surface area contributed by atoms with Gasteiger partial charge < -0.3 is 25.4 Å². The summed E-state index contributed by atoms with van der Waals surface area (Å²) in [6, 6.07) is 35.8. The van der Waals surface area contributed by atoms with Gasteiger partial charge in [0.1, 0.15) is 22.4 Å². The highest BCUT2D eigenvalue weighted by molar-refractivity contribution is 8.00. The average Bonchev–Trinajstić information content (AvgIpc) is 3.13. The number of carbonyl (C=O) groups excluding carboxylic acids is 3. The molecule has 0 bridgehead atoms. The van der Waals surface area contributed by atoms with Crippen molar-refractivity contribution in [3.05, 3.63) is 154 Å². The van der Waals surface area contributed by atoms with Gasteiger partial charge in [-0.15, -0.1) is 11.8 Å². The Morgan fingerprint density at radius 3 is 2.14 bits per heavy atom. The molecule has 8 nitrogen and oxygen atoms in total. The number of amides is 3. The van der Waals surface area contributed by atoms with Crippen LogP contribution >= 0.6 is 23.4 Å². The van der Waals surface area contributed by atoms with Crippen molar-refractivity contribution in [2.75, 3.05) is 24.9 Å².